The summed E-state index contributed by atoms with van der Waals surface area (Å²) in [6.45, 7) is 0.597. The topological polar surface area (TPSA) is 54.3 Å². The van der Waals surface area contributed by atoms with Crippen LogP contribution in [0.5, 0.6) is 0 Å². The highest BCUT2D eigenvalue weighted by Gasteiger charge is 2.35. The first-order valence-corrected chi connectivity index (χ1v) is 8.47. The van der Waals surface area contributed by atoms with E-state index in [1.807, 2.05) is 11.0 Å². The Morgan fingerprint density at radius 2 is 2.08 bits per heavy atom. The SMILES string of the molecule is COC(=O)C1CN2C(=N1)CN=C(c1ccccc1F)c1cc(Cl)ccc12. The summed E-state index contributed by atoms with van der Waals surface area (Å²) in [6.07, 6.45) is 0. The Labute approximate surface area is 154 Å². The molecule has 0 aliphatic carbocycles. The van der Waals surface area contributed by atoms with Crippen molar-refractivity contribution >= 4 is 34.8 Å². The van der Waals surface area contributed by atoms with E-state index in [1.165, 1.54) is 13.2 Å². The number of aliphatic imine (C=N–C) groups is 2. The Kier molecular flexibility index (Phi) is 4.20. The lowest BCUT2D eigenvalue weighted by atomic mass is 9.99. The van der Waals surface area contributed by atoms with Crippen LogP contribution in [0.25, 0.3) is 0 Å². The summed E-state index contributed by atoms with van der Waals surface area (Å²) in [6, 6.07) is 11.3. The van der Waals surface area contributed by atoms with Crippen molar-refractivity contribution < 1.29 is 13.9 Å². The van der Waals surface area contributed by atoms with Crippen LogP contribution in [0.15, 0.2) is 52.4 Å². The molecule has 5 nitrogen and oxygen atoms in total. The van der Waals surface area contributed by atoms with Crippen molar-refractivity contribution in [1.29, 1.82) is 0 Å². The van der Waals surface area contributed by atoms with Crippen molar-refractivity contribution in [2.45, 2.75) is 6.04 Å². The number of fused-ring (bicyclic) bond motifs is 3. The molecule has 0 bridgehead atoms. The van der Waals surface area contributed by atoms with Crippen LogP contribution >= 0.6 is 11.6 Å². The zero-order valence-electron chi connectivity index (χ0n) is 13.9. The lowest BCUT2D eigenvalue weighted by Gasteiger charge is -2.21. The highest BCUT2D eigenvalue weighted by molar-refractivity contribution is 6.32. The monoisotopic (exact) mass is 371 g/mol. The van der Waals surface area contributed by atoms with E-state index in [1.54, 1.807) is 30.3 Å². The number of halogens is 2. The first-order chi connectivity index (χ1) is 12.6. The minimum absolute atomic E-state index is 0.240. The molecule has 0 spiro atoms. The molecule has 2 aromatic carbocycles. The second kappa shape index (κ2) is 6.53. The molecule has 0 aromatic heterocycles. The van der Waals surface area contributed by atoms with Crippen LogP contribution in [0.1, 0.15) is 11.1 Å². The average Bonchev–Trinajstić information content (AvgIpc) is 3.01. The number of hydrogen-bond donors (Lipinski definition) is 0. The zero-order chi connectivity index (χ0) is 18.3. The number of nitrogens with zero attached hydrogens (tertiary/aromatic N) is 3. The Morgan fingerprint density at radius 1 is 1.27 bits per heavy atom. The number of methoxy groups -OCH3 is 1. The Hall–Kier alpha value is -2.73. The van der Waals surface area contributed by atoms with Gasteiger partial charge in [0.05, 0.1) is 31.6 Å². The number of carbonyl (C=O) groups is 1. The summed E-state index contributed by atoms with van der Waals surface area (Å²) in [5, 5.41) is 0.525. The molecule has 26 heavy (non-hydrogen) atoms. The van der Waals surface area contributed by atoms with Gasteiger partial charge in [0.2, 0.25) is 0 Å². The fourth-order valence-corrected chi connectivity index (χ4v) is 3.42. The van der Waals surface area contributed by atoms with Crippen LogP contribution < -0.4 is 4.90 Å². The highest BCUT2D eigenvalue weighted by atomic mass is 35.5. The van der Waals surface area contributed by atoms with Crippen molar-refractivity contribution in [3.05, 3.63) is 64.4 Å². The molecule has 0 amide bonds. The van der Waals surface area contributed by atoms with E-state index in [2.05, 4.69) is 9.98 Å². The maximum atomic E-state index is 14.4. The van der Waals surface area contributed by atoms with Gasteiger partial charge in [-0.2, -0.15) is 0 Å². The van der Waals surface area contributed by atoms with Crippen LogP contribution in [0.4, 0.5) is 10.1 Å². The summed E-state index contributed by atoms with van der Waals surface area (Å²) >= 11 is 6.20. The predicted molar refractivity (Wildman–Crippen MR) is 98.9 cm³/mol. The van der Waals surface area contributed by atoms with E-state index in [0.717, 1.165) is 5.69 Å². The number of ether oxygens (including phenoxy) is 1. The van der Waals surface area contributed by atoms with Gasteiger partial charge >= 0.3 is 5.97 Å². The Morgan fingerprint density at radius 3 is 2.85 bits per heavy atom. The number of anilines is 1. The zero-order valence-corrected chi connectivity index (χ0v) is 14.7. The third-order valence-electron chi connectivity index (χ3n) is 4.46. The van der Waals surface area contributed by atoms with Gasteiger partial charge in [-0.05, 0) is 30.3 Å². The number of benzene rings is 2. The largest absolute Gasteiger partial charge is 0.467 e. The minimum Gasteiger partial charge on any atom is -0.467 e. The van der Waals surface area contributed by atoms with Gasteiger partial charge in [-0.1, -0.05) is 23.7 Å². The molecule has 2 aliphatic rings. The lowest BCUT2D eigenvalue weighted by Crippen LogP contribution is -2.33. The van der Waals surface area contributed by atoms with E-state index >= 15 is 0 Å². The normalized spacial score (nSPS) is 18.4. The molecule has 132 valence electrons. The van der Waals surface area contributed by atoms with Gasteiger partial charge in [-0.25, -0.2) is 9.18 Å². The van der Waals surface area contributed by atoms with Gasteiger partial charge in [0, 0.05) is 16.1 Å². The molecule has 2 heterocycles. The Bertz CT molecular complexity index is 958. The van der Waals surface area contributed by atoms with E-state index in [-0.39, 0.29) is 18.3 Å². The van der Waals surface area contributed by atoms with E-state index < -0.39 is 6.04 Å². The first-order valence-electron chi connectivity index (χ1n) is 8.10. The summed E-state index contributed by atoms with van der Waals surface area (Å²) in [7, 11) is 1.34. The van der Waals surface area contributed by atoms with Crippen LogP contribution in [0.3, 0.4) is 0 Å². The van der Waals surface area contributed by atoms with Gasteiger partial charge in [-0.3, -0.25) is 9.98 Å². The molecule has 2 aromatic rings. The summed E-state index contributed by atoms with van der Waals surface area (Å²) < 4.78 is 19.2. The van der Waals surface area contributed by atoms with Crippen LogP contribution in [-0.2, 0) is 9.53 Å². The first kappa shape index (κ1) is 16.7. The van der Waals surface area contributed by atoms with Gasteiger partial charge in [0.1, 0.15) is 11.7 Å². The van der Waals surface area contributed by atoms with Crippen LogP contribution in [-0.4, -0.2) is 43.8 Å². The minimum atomic E-state index is -0.594. The van der Waals surface area contributed by atoms with Gasteiger partial charge in [0.15, 0.2) is 6.04 Å². The van der Waals surface area contributed by atoms with Crippen molar-refractivity contribution in [3.63, 3.8) is 0 Å². The Balaban J connectivity index is 1.86. The maximum Gasteiger partial charge on any atom is 0.332 e. The number of hydrogen-bond acceptors (Lipinski definition) is 5. The molecule has 2 aliphatic heterocycles. The molecule has 0 saturated heterocycles. The third-order valence-corrected chi connectivity index (χ3v) is 4.69. The summed E-state index contributed by atoms with van der Waals surface area (Å²) in [5.74, 6) is -0.0942. The molecule has 1 unspecified atom stereocenters. The number of rotatable bonds is 2. The number of carbonyl (C=O) groups excluding carboxylic acids is 1. The van der Waals surface area contributed by atoms with E-state index in [4.69, 9.17) is 16.3 Å². The van der Waals surface area contributed by atoms with Crippen molar-refractivity contribution in [2.75, 3.05) is 25.1 Å². The fourth-order valence-electron chi connectivity index (χ4n) is 3.25. The quantitative estimate of drug-likeness (QED) is 0.762. The van der Waals surface area contributed by atoms with Gasteiger partial charge in [-0.15, -0.1) is 0 Å². The molecular weight excluding hydrogens is 357 g/mol. The van der Waals surface area contributed by atoms with Crippen molar-refractivity contribution in [3.8, 4) is 0 Å². The molecule has 0 N–H and O–H groups in total. The summed E-state index contributed by atoms with van der Waals surface area (Å²) in [4.78, 5) is 22.8. The molecule has 0 fully saturated rings. The van der Waals surface area contributed by atoms with E-state index in [0.29, 0.717) is 34.2 Å². The second-order valence-electron chi connectivity index (χ2n) is 6.00. The molecule has 4 rings (SSSR count). The second-order valence-corrected chi connectivity index (χ2v) is 6.44. The number of esters is 1. The van der Waals surface area contributed by atoms with Crippen molar-refractivity contribution in [1.82, 2.24) is 0 Å². The van der Waals surface area contributed by atoms with Crippen LogP contribution in [0.2, 0.25) is 5.02 Å². The molecule has 0 radical (unpaired) electrons. The van der Waals surface area contributed by atoms with Crippen molar-refractivity contribution in [2.24, 2.45) is 9.98 Å². The molecular formula is C19H15ClFN3O2. The lowest BCUT2D eigenvalue weighted by molar-refractivity contribution is -0.141. The smallest absolute Gasteiger partial charge is 0.332 e. The molecule has 0 saturated carbocycles. The standard InChI is InChI=1S/C19H15ClFN3O2/c1-26-19(25)15-10-24-16-7-6-11(20)8-13(16)18(22-9-17(24)23-15)12-4-2-3-5-14(12)21/h2-8,15H,9-10H2,1H3. The molecule has 1 atom stereocenters. The van der Waals surface area contributed by atoms with Gasteiger partial charge < -0.3 is 9.64 Å². The number of amidine groups is 1. The summed E-state index contributed by atoms with van der Waals surface area (Å²) in [5.41, 5.74) is 2.42. The fraction of sp³-hybridized carbons (Fsp3) is 0.211. The third kappa shape index (κ3) is 2.76. The maximum absolute atomic E-state index is 14.4. The highest BCUT2D eigenvalue weighted by Crippen LogP contribution is 2.32. The van der Waals surface area contributed by atoms with E-state index in [9.17, 15) is 9.18 Å². The average molecular weight is 372 g/mol. The van der Waals surface area contributed by atoms with Crippen LogP contribution in [0, 0.1) is 5.82 Å². The predicted octanol–water partition coefficient (Wildman–Crippen LogP) is 3.09. The molecule has 7 heteroatoms. The van der Waals surface area contributed by atoms with Gasteiger partial charge in [0.25, 0.3) is 0 Å².